The van der Waals surface area contributed by atoms with E-state index in [4.69, 9.17) is 5.73 Å². The highest BCUT2D eigenvalue weighted by Gasteiger charge is 2.10. The van der Waals surface area contributed by atoms with Crippen molar-refractivity contribution in [2.75, 3.05) is 26.2 Å². The molecule has 4 N–H and O–H groups in total. The summed E-state index contributed by atoms with van der Waals surface area (Å²) >= 11 is 0. The van der Waals surface area contributed by atoms with Crippen molar-refractivity contribution in [2.45, 2.75) is 32.2 Å². The Balaban J connectivity index is 0.00000240. The van der Waals surface area contributed by atoms with Crippen LogP contribution in [-0.2, 0) is 6.54 Å². The molecule has 0 spiro atoms. The van der Waals surface area contributed by atoms with Gasteiger partial charge in [-0.05, 0) is 89.7 Å². The molecule has 0 saturated heterocycles. The van der Waals surface area contributed by atoms with Crippen LogP contribution in [0, 0.1) is 0 Å². The lowest BCUT2D eigenvalue weighted by Gasteiger charge is -2.14. The van der Waals surface area contributed by atoms with Gasteiger partial charge >= 0.3 is 0 Å². The zero-order valence-corrected chi connectivity index (χ0v) is 17.9. The van der Waals surface area contributed by atoms with Crippen molar-refractivity contribution in [1.82, 2.24) is 10.6 Å². The summed E-state index contributed by atoms with van der Waals surface area (Å²) in [7, 11) is 0. The molecule has 29 heavy (non-hydrogen) atoms. The van der Waals surface area contributed by atoms with Gasteiger partial charge in [0.2, 0.25) is 0 Å². The summed E-state index contributed by atoms with van der Waals surface area (Å²) in [5.74, 6) is 0. The van der Waals surface area contributed by atoms with E-state index in [0.29, 0.717) is 0 Å². The molecule has 0 fully saturated rings. The fourth-order valence-electron chi connectivity index (χ4n) is 4.19. The molecule has 0 aliphatic heterocycles. The van der Waals surface area contributed by atoms with Gasteiger partial charge in [0.15, 0.2) is 0 Å². The molecule has 0 radical (unpaired) electrons. The van der Waals surface area contributed by atoms with E-state index in [9.17, 15) is 0 Å². The van der Waals surface area contributed by atoms with Gasteiger partial charge in [0.1, 0.15) is 0 Å². The predicted octanol–water partition coefficient (Wildman–Crippen LogP) is 5.20. The molecule has 4 aromatic rings. The summed E-state index contributed by atoms with van der Waals surface area (Å²) < 4.78 is 0. The summed E-state index contributed by atoms with van der Waals surface area (Å²) in [6, 6.07) is 20.2. The van der Waals surface area contributed by atoms with Gasteiger partial charge in [-0.3, -0.25) is 0 Å². The number of rotatable bonds is 11. The second kappa shape index (κ2) is 10.7. The number of halogens is 1. The summed E-state index contributed by atoms with van der Waals surface area (Å²) in [6.07, 6.45) is 4.72. The summed E-state index contributed by atoms with van der Waals surface area (Å²) in [5.41, 5.74) is 6.91. The van der Waals surface area contributed by atoms with Gasteiger partial charge < -0.3 is 16.4 Å². The van der Waals surface area contributed by atoms with Crippen LogP contribution in [0.2, 0.25) is 0 Å². The predicted molar refractivity (Wildman–Crippen MR) is 129 cm³/mol. The van der Waals surface area contributed by atoms with Crippen LogP contribution < -0.4 is 16.4 Å². The molecule has 3 nitrogen and oxygen atoms in total. The molecule has 0 saturated carbocycles. The Morgan fingerprint density at radius 1 is 0.621 bits per heavy atom. The highest BCUT2D eigenvalue weighted by Crippen LogP contribution is 2.35. The van der Waals surface area contributed by atoms with Crippen LogP contribution in [0.3, 0.4) is 0 Å². The van der Waals surface area contributed by atoms with Gasteiger partial charge in [0.05, 0.1) is 0 Å². The zero-order chi connectivity index (χ0) is 19.2. The third kappa shape index (κ3) is 4.99. The lowest BCUT2D eigenvalue weighted by Crippen LogP contribution is -2.20. The lowest BCUT2D eigenvalue weighted by molar-refractivity contribution is 0.568. The molecule has 0 unspecified atom stereocenters. The van der Waals surface area contributed by atoms with Crippen LogP contribution in [0.25, 0.3) is 32.3 Å². The van der Waals surface area contributed by atoms with Crippen LogP contribution in [-0.4, -0.2) is 26.2 Å². The Kier molecular flexibility index (Phi) is 8.08. The number of nitrogens with one attached hydrogen (secondary N) is 2. The molecule has 154 valence electrons. The minimum atomic E-state index is 0. The first-order valence-electron chi connectivity index (χ1n) is 10.7. The van der Waals surface area contributed by atoms with Crippen LogP contribution in [0.5, 0.6) is 0 Å². The van der Waals surface area contributed by atoms with Crippen molar-refractivity contribution >= 4 is 44.7 Å². The summed E-state index contributed by atoms with van der Waals surface area (Å²) in [6.45, 7) is 4.98. The molecular formula is C25H32ClN3. The Labute approximate surface area is 179 Å². The Bertz CT molecular complexity index is 1010. The highest BCUT2D eigenvalue weighted by molar-refractivity contribution is 6.23. The molecular weight excluding hydrogens is 378 g/mol. The summed E-state index contributed by atoms with van der Waals surface area (Å²) in [5, 5.41) is 15.3. The maximum absolute atomic E-state index is 5.51. The fraction of sp³-hybridized carbons (Fsp3) is 0.360. The quantitative estimate of drug-likeness (QED) is 0.235. The van der Waals surface area contributed by atoms with Crippen molar-refractivity contribution in [3.63, 3.8) is 0 Å². The zero-order valence-electron chi connectivity index (χ0n) is 17.0. The van der Waals surface area contributed by atoms with E-state index in [2.05, 4.69) is 65.2 Å². The van der Waals surface area contributed by atoms with Crippen LogP contribution in [0.15, 0.2) is 54.6 Å². The number of hydrogen-bond donors (Lipinski definition) is 3. The normalized spacial score (nSPS) is 11.5. The first-order chi connectivity index (χ1) is 13.9. The van der Waals surface area contributed by atoms with E-state index in [-0.39, 0.29) is 12.4 Å². The minimum absolute atomic E-state index is 0. The van der Waals surface area contributed by atoms with Gasteiger partial charge in [-0.2, -0.15) is 0 Å². The molecule has 0 bridgehead atoms. The third-order valence-electron chi connectivity index (χ3n) is 5.70. The Morgan fingerprint density at radius 3 is 1.93 bits per heavy atom. The first kappa shape index (κ1) is 21.8. The maximum atomic E-state index is 5.51. The fourth-order valence-corrected chi connectivity index (χ4v) is 4.19. The van der Waals surface area contributed by atoms with Crippen molar-refractivity contribution in [3.8, 4) is 0 Å². The lowest BCUT2D eigenvalue weighted by atomic mass is 9.92. The number of nitrogens with two attached hydrogens (primary N) is 1. The number of unbranched alkanes of at least 4 members (excludes halogenated alkanes) is 2. The van der Waals surface area contributed by atoms with Crippen molar-refractivity contribution in [2.24, 2.45) is 5.73 Å². The van der Waals surface area contributed by atoms with Gasteiger partial charge in [0.25, 0.3) is 0 Å². The largest absolute Gasteiger partial charge is 0.330 e. The van der Waals surface area contributed by atoms with Gasteiger partial charge in [-0.25, -0.2) is 0 Å². The van der Waals surface area contributed by atoms with Gasteiger partial charge in [0, 0.05) is 6.54 Å². The molecule has 0 aliphatic carbocycles. The molecule has 0 heterocycles. The number of benzene rings is 4. The first-order valence-corrected chi connectivity index (χ1v) is 10.7. The minimum Gasteiger partial charge on any atom is -0.330 e. The van der Waals surface area contributed by atoms with Crippen LogP contribution in [0.4, 0.5) is 0 Å². The van der Waals surface area contributed by atoms with Gasteiger partial charge in [-0.15, -0.1) is 12.4 Å². The van der Waals surface area contributed by atoms with Crippen molar-refractivity contribution in [3.05, 3.63) is 60.2 Å². The standard InChI is InChI=1S/C25H31N3.ClH/c26-14-1-2-15-27-16-3-4-17-28-18-22-11-10-21-9-8-19-6-5-7-20-12-13-23(22)25(21)24(19)20;/h5-13,27-28H,1-4,14-18,26H2;1H. The van der Waals surface area contributed by atoms with Crippen molar-refractivity contribution in [1.29, 1.82) is 0 Å². The molecule has 0 atom stereocenters. The third-order valence-corrected chi connectivity index (χ3v) is 5.70. The van der Waals surface area contributed by atoms with E-state index in [0.717, 1.165) is 39.1 Å². The SMILES string of the molecule is Cl.NCCCCNCCCCNCc1ccc2ccc3cccc4ccc1c2c34. The van der Waals surface area contributed by atoms with E-state index in [1.165, 1.54) is 57.1 Å². The second-order valence-corrected chi connectivity index (χ2v) is 7.71. The van der Waals surface area contributed by atoms with E-state index >= 15 is 0 Å². The molecule has 4 aromatic carbocycles. The highest BCUT2D eigenvalue weighted by atomic mass is 35.5. The van der Waals surface area contributed by atoms with Crippen molar-refractivity contribution < 1.29 is 0 Å². The van der Waals surface area contributed by atoms with E-state index < -0.39 is 0 Å². The Morgan fingerprint density at radius 2 is 1.21 bits per heavy atom. The molecule has 0 aromatic heterocycles. The second-order valence-electron chi connectivity index (χ2n) is 7.71. The van der Waals surface area contributed by atoms with Gasteiger partial charge in [-0.1, -0.05) is 54.6 Å². The van der Waals surface area contributed by atoms with Crippen LogP contribution in [0.1, 0.15) is 31.2 Å². The van der Waals surface area contributed by atoms with E-state index in [1.54, 1.807) is 0 Å². The monoisotopic (exact) mass is 409 g/mol. The average molecular weight is 410 g/mol. The number of hydrogen-bond acceptors (Lipinski definition) is 3. The smallest absolute Gasteiger partial charge is 0.0211 e. The molecule has 0 amide bonds. The topological polar surface area (TPSA) is 50.1 Å². The molecule has 0 aliphatic rings. The average Bonchev–Trinajstić information content (AvgIpc) is 2.74. The van der Waals surface area contributed by atoms with Crippen LogP contribution >= 0.6 is 12.4 Å². The summed E-state index contributed by atoms with van der Waals surface area (Å²) in [4.78, 5) is 0. The van der Waals surface area contributed by atoms with E-state index in [1.807, 2.05) is 0 Å². The molecule has 4 rings (SSSR count). The molecule has 4 heteroatoms. The Hall–Kier alpha value is -1.91. The maximum Gasteiger partial charge on any atom is 0.0211 e.